The summed E-state index contributed by atoms with van der Waals surface area (Å²) < 4.78 is 24.3. The Morgan fingerprint density at radius 2 is 1.31 bits per heavy atom. The van der Waals surface area contributed by atoms with Gasteiger partial charge in [-0.25, -0.2) is 4.98 Å². The smallest absolute Gasteiger partial charge is 0.305 e. The van der Waals surface area contributed by atoms with Crippen LogP contribution >= 0.6 is 7.60 Å². The van der Waals surface area contributed by atoms with E-state index in [-0.39, 0.29) is 13.2 Å². The molecule has 0 spiro atoms. The van der Waals surface area contributed by atoms with Gasteiger partial charge in [0.25, 0.3) is 0 Å². The summed E-state index contributed by atoms with van der Waals surface area (Å²) in [5.74, 6) is 0. The molecule has 0 aliphatic carbocycles. The summed E-state index contributed by atoms with van der Waals surface area (Å²) in [5.41, 5.74) is 2.52. The highest BCUT2D eigenvalue weighted by molar-refractivity contribution is 7.62. The normalized spacial score (nSPS) is 11.5. The maximum absolute atomic E-state index is 13.3. The summed E-state index contributed by atoms with van der Waals surface area (Å²) in [6.07, 6.45) is 3.38. The lowest BCUT2D eigenvalue weighted by Gasteiger charge is -2.18. The third-order valence-corrected chi connectivity index (χ3v) is 5.67. The van der Waals surface area contributed by atoms with Crippen LogP contribution in [0.3, 0.4) is 0 Å². The highest BCUT2D eigenvalue weighted by Gasteiger charge is 2.28. The predicted octanol–water partition coefficient (Wildman–Crippen LogP) is 4.10. The standard InChI is InChI=1S/C19H20N3O3P/c1-3-24-26(23,25-4-2)15-13-18(16-9-5-7-11-20-16)22-19(14-15)17-10-6-8-12-21-17/h5-14H,3-4H2,1-2H3. The number of hydrogen-bond acceptors (Lipinski definition) is 6. The summed E-state index contributed by atoms with van der Waals surface area (Å²) >= 11 is 0. The molecule has 6 nitrogen and oxygen atoms in total. The molecule has 0 aromatic carbocycles. The van der Waals surface area contributed by atoms with Crippen molar-refractivity contribution in [2.75, 3.05) is 13.2 Å². The highest BCUT2D eigenvalue weighted by Crippen LogP contribution is 2.47. The van der Waals surface area contributed by atoms with Gasteiger partial charge in [-0.05, 0) is 50.2 Å². The summed E-state index contributed by atoms with van der Waals surface area (Å²) in [6, 6.07) is 14.5. The van der Waals surface area contributed by atoms with Gasteiger partial charge in [-0.3, -0.25) is 14.5 Å². The van der Waals surface area contributed by atoms with Crippen molar-refractivity contribution in [3.8, 4) is 22.8 Å². The second-order valence-electron chi connectivity index (χ2n) is 5.36. The Morgan fingerprint density at radius 1 is 0.808 bits per heavy atom. The van der Waals surface area contributed by atoms with Crippen LogP contribution in [0.15, 0.2) is 60.9 Å². The van der Waals surface area contributed by atoms with Crippen molar-refractivity contribution < 1.29 is 13.6 Å². The zero-order valence-electron chi connectivity index (χ0n) is 14.7. The zero-order chi connectivity index (χ0) is 18.4. The first-order chi connectivity index (χ1) is 12.7. The van der Waals surface area contributed by atoms with Gasteiger partial charge in [0.05, 0.1) is 41.3 Å². The van der Waals surface area contributed by atoms with E-state index in [1.54, 1.807) is 38.4 Å². The monoisotopic (exact) mass is 369 g/mol. The molecule has 0 unspecified atom stereocenters. The fourth-order valence-electron chi connectivity index (χ4n) is 2.49. The van der Waals surface area contributed by atoms with Crippen LogP contribution in [0, 0.1) is 0 Å². The first kappa shape index (κ1) is 18.4. The Labute approximate surface area is 152 Å². The highest BCUT2D eigenvalue weighted by atomic mass is 31.2. The molecule has 3 aromatic heterocycles. The molecule has 0 N–H and O–H groups in total. The summed E-state index contributed by atoms with van der Waals surface area (Å²) in [7, 11) is -3.46. The molecule has 0 fully saturated rings. The van der Waals surface area contributed by atoms with Crippen molar-refractivity contribution >= 4 is 12.9 Å². The van der Waals surface area contributed by atoms with Crippen LogP contribution in [0.5, 0.6) is 0 Å². The Balaban J connectivity index is 2.19. The molecule has 3 heterocycles. The van der Waals surface area contributed by atoms with E-state index in [4.69, 9.17) is 9.05 Å². The quantitative estimate of drug-likeness (QED) is 0.584. The van der Waals surface area contributed by atoms with E-state index in [2.05, 4.69) is 15.0 Å². The molecule has 0 amide bonds. The molecule has 3 rings (SSSR count). The van der Waals surface area contributed by atoms with E-state index < -0.39 is 7.60 Å². The van der Waals surface area contributed by atoms with Gasteiger partial charge in [0, 0.05) is 12.4 Å². The Hall–Kier alpha value is -2.40. The van der Waals surface area contributed by atoms with Crippen LogP contribution in [0.2, 0.25) is 0 Å². The minimum Gasteiger partial charge on any atom is -0.305 e. The lowest BCUT2D eigenvalue weighted by molar-refractivity contribution is 0.230. The van der Waals surface area contributed by atoms with Gasteiger partial charge in [-0.2, -0.15) is 0 Å². The number of pyridine rings is 3. The van der Waals surface area contributed by atoms with Crippen molar-refractivity contribution in [2.24, 2.45) is 0 Å². The van der Waals surface area contributed by atoms with Crippen LogP contribution in [0.1, 0.15) is 13.8 Å². The lowest BCUT2D eigenvalue weighted by Crippen LogP contribution is -2.13. The molecule has 0 aliphatic heterocycles. The van der Waals surface area contributed by atoms with E-state index >= 15 is 0 Å². The van der Waals surface area contributed by atoms with Crippen molar-refractivity contribution in [1.29, 1.82) is 0 Å². The van der Waals surface area contributed by atoms with Gasteiger partial charge in [0.2, 0.25) is 0 Å². The van der Waals surface area contributed by atoms with Crippen molar-refractivity contribution in [3.63, 3.8) is 0 Å². The van der Waals surface area contributed by atoms with E-state index in [1.165, 1.54) is 0 Å². The molecule has 26 heavy (non-hydrogen) atoms. The van der Waals surface area contributed by atoms with Gasteiger partial charge in [-0.1, -0.05) is 12.1 Å². The van der Waals surface area contributed by atoms with Crippen LogP contribution in [0.4, 0.5) is 0 Å². The number of nitrogens with zero attached hydrogens (tertiary/aromatic N) is 3. The van der Waals surface area contributed by atoms with Crippen LogP contribution in [-0.2, 0) is 13.6 Å². The molecule has 0 bridgehead atoms. The molecule has 0 aliphatic rings. The SMILES string of the molecule is CCOP(=O)(OCC)c1cc(-c2ccccn2)nc(-c2ccccn2)c1. The first-order valence-electron chi connectivity index (χ1n) is 8.41. The Kier molecular flexibility index (Phi) is 5.89. The van der Waals surface area contributed by atoms with Crippen molar-refractivity contribution in [3.05, 3.63) is 60.9 Å². The van der Waals surface area contributed by atoms with Crippen LogP contribution in [0.25, 0.3) is 22.8 Å². The second kappa shape index (κ2) is 8.32. The van der Waals surface area contributed by atoms with Gasteiger partial charge in [-0.15, -0.1) is 0 Å². The lowest BCUT2D eigenvalue weighted by atomic mass is 10.2. The molecular weight excluding hydrogens is 349 g/mol. The molecule has 0 saturated heterocycles. The van der Waals surface area contributed by atoms with Gasteiger partial charge >= 0.3 is 7.60 Å². The molecule has 0 atom stereocenters. The topological polar surface area (TPSA) is 74.2 Å². The number of rotatable bonds is 7. The van der Waals surface area contributed by atoms with Gasteiger partial charge in [0.15, 0.2) is 0 Å². The van der Waals surface area contributed by atoms with Crippen LogP contribution in [-0.4, -0.2) is 28.2 Å². The van der Waals surface area contributed by atoms with Crippen LogP contribution < -0.4 is 5.30 Å². The average molecular weight is 369 g/mol. The third kappa shape index (κ3) is 4.05. The van der Waals surface area contributed by atoms with Crippen molar-refractivity contribution in [1.82, 2.24) is 15.0 Å². The maximum atomic E-state index is 13.3. The third-order valence-electron chi connectivity index (χ3n) is 3.58. The summed E-state index contributed by atoms with van der Waals surface area (Å²) in [4.78, 5) is 13.3. The fraction of sp³-hybridized carbons (Fsp3) is 0.211. The van der Waals surface area contributed by atoms with Crippen molar-refractivity contribution in [2.45, 2.75) is 13.8 Å². The second-order valence-corrected chi connectivity index (χ2v) is 7.39. The number of hydrogen-bond donors (Lipinski definition) is 0. The van der Waals surface area contributed by atoms with E-state index in [9.17, 15) is 4.57 Å². The maximum Gasteiger partial charge on any atom is 0.361 e. The number of aromatic nitrogens is 3. The first-order valence-corrected chi connectivity index (χ1v) is 9.95. The van der Waals surface area contributed by atoms with E-state index in [0.29, 0.717) is 28.1 Å². The molecular formula is C19H20N3O3P. The zero-order valence-corrected chi connectivity index (χ0v) is 15.6. The van der Waals surface area contributed by atoms with Gasteiger partial charge < -0.3 is 9.05 Å². The average Bonchev–Trinajstić information content (AvgIpc) is 2.69. The largest absolute Gasteiger partial charge is 0.361 e. The molecule has 0 saturated carbocycles. The van der Waals surface area contributed by atoms with Gasteiger partial charge in [0.1, 0.15) is 0 Å². The minimum atomic E-state index is -3.46. The minimum absolute atomic E-state index is 0.275. The van der Waals surface area contributed by atoms with E-state index in [0.717, 1.165) is 0 Å². The molecule has 0 radical (unpaired) electrons. The Morgan fingerprint density at radius 3 is 1.69 bits per heavy atom. The van der Waals surface area contributed by atoms with E-state index in [1.807, 2.05) is 36.4 Å². The fourth-order valence-corrected chi connectivity index (χ4v) is 4.10. The Bertz CT molecular complexity index is 837. The summed E-state index contributed by atoms with van der Waals surface area (Å²) in [5, 5.41) is 0.442. The molecule has 7 heteroatoms. The molecule has 134 valence electrons. The predicted molar refractivity (Wildman–Crippen MR) is 101 cm³/mol. The summed E-state index contributed by atoms with van der Waals surface area (Å²) in [6.45, 7) is 4.12. The molecule has 3 aromatic rings.